The number of carbonyl (C=O) groups is 2. The van der Waals surface area contributed by atoms with Gasteiger partial charge in [0.2, 0.25) is 11.8 Å². The first-order chi connectivity index (χ1) is 18.5. The lowest BCUT2D eigenvalue weighted by molar-refractivity contribution is -0.134. The number of aromatic nitrogens is 1. The largest absolute Gasteiger partial charge is 0.381 e. The summed E-state index contributed by atoms with van der Waals surface area (Å²) < 4.78 is 5.61. The first-order valence-electron chi connectivity index (χ1n) is 14.0. The molecule has 1 aliphatic rings. The van der Waals surface area contributed by atoms with Crippen LogP contribution in [0.5, 0.6) is 0 Å². The smallest absolute Gasteiger partial charge is 0.240 e. The fraction of sp³-hybridized carbons (Fsp3) is 0.484. The highest BCUT2D eigenvalue weighted by molar-refractivity contribution is 5.89. The standard InChI is InChI=1S/C31H42N4O3/c1-23(2)21-28(29(36)32-17-8-11-24-9-4-3-5-10-24)35-31(15-19-38-20-16-31)30(37)33-18-14-25-22-34-27-13-7-6-12-26(25)27/h3-7,9-10,12-13,22-23,28,34-35H,8,11,14-21H2,1-2H3,(H,32,36)(H,33,37)/t28-/m0/s1. The minimum Gasteiger partial charge on any atom is -0.381 e. The van der Waals surface area contributed by atoms with Gasteiger partial charge in [0.05, 0.1) is 6.04 Å². The van der Waals surface area contributed by atoms with E-state index in [1.165, 1.54) is 16.5 Å². The Morgan fingerprint density at radius 1 is 0.947 bits per heavy atom. The molecule has 0 saturated carbocycles. The SMILES string of the molecule is CC(C)C[C@H](NC1(C(=O)NCCc2c[nH]c3ccccc23)CCOCC1)C(=O)NCCCc1ccccc1. The van der Waals surface area contributed by atoms with E-state index in [9.17, 15) is 9.59 Å². The molecule has 1 aromatic heterocycles. The second-order valence-corrected chi connectivity index (χ2v) is 10.8. The van der Waals surface area contributed by atoms with Gasteiger partial charge < -0.3 is 20.4 Å². The Morgan fingerprint density at radius 2 is 1.68 bits per heavy atom. The van der Waals surface area contributed by atoms with Gasteiger partial charge in [0, 0.05) is 43.4 Å². The van der Waals surface area contributed by atoms with Gasteiger partial charge in [0.15, 0.2) is 0 Å². The van der Waals surface area contributed by atoms with Gasteiger partial charge in [-0.05, 0) is 61.6 Å². The van der Waals surface area contributed by atoms with Crippen LogP contribution in [0.1, 0.15) is 50.7 Å². The molecule has 1 fully saturated rings. The van der Waals surface area contributed by atoms with Crippen molar-refractivity contribution < 1.29 is 14.3 Å². The molecule has 7 heteroatoms. The number of hydrogen-bond acceptors (Lipinski definition) is 4. The number of carbonyl (C=O) groups excluding carboxylic acids is 2. The third kappa shape index (κ3) is 7.45. The summed E-state index contributed by atoms with van der Waals surface area (Å²) in [6.45, 7) is 6.35. The second-order valence-electron chi connectivity index (χ2n) is 10.8. The molecule has 38 heavy (non-hydrogen) atoms. The summed E-state index contributed by atoms with van der Waals surface area (Å²) in [6, 6.07) is 18.1. The maximum Gasteiger partial charge on any atom is 0.240 e. The molecule has 204 valence electrons. The molecule has 3 aromatic rings. The Bertz CT molecular complexity index is 1170. The number of benzene rings is 2. The van der Waals surface area contributed by atoms with E-state index in [-0.39, 0.29) is 11.8 Å². The summed E-state index contributed by atoms with van der Waals surface area (Å²) in [5.41, 5.74) is 2.73. The van der Waals surface area contributed by atoms with Crippen LogP contribution in [-0.2, 0) is 27.2 Å². The molecular formula is C31H42N4O3. The van der Waals surface area contributed by atoms with E-state index in [0.717, 1.165) is 24.8 Å². The van der Waals surface area contributed by atoms with Gasteiger partial charge in [-0.25, -0.2) is 0 Å². The molecule has 0 bridgehead atoms. The zero-order valence-corrected chi connectivity index (χ0v) is 22.7. The molecule has 1 aliphatic heterocycles. The predicted molar refractivity (Wildman–Crippen MR) is 152 cm³/mol. The lowest BCUT2D eigenvalue weighted by Gasteiger charge is -2.39. The van der Waals surface area contributed by atoms with Gasteiger partial charge in [-0.15, -0.1) is 0 Å². The van der Waals surface area contributed by atoms with Gasteiger partial charge >= 0.3 is 0 Å². The Kier molecular flexibility index (Phi) is 9.96. The minimum absolute atomic E-state index is 0.0378. The number of nitrogens with one attached hydrogen (secondary N) is 4. The number of fused-ring (bicyclic) bond motifs is 1. The van der Waals surface area contributed by atoms with Crippen LogP contribution in [-0.4, -0.2) is 54.7 Å². The lowest BCUT2D eigenvalue weighted by Crippen LogP contribution is -2.64. The van der Waals surface area contributed by atoms with Gasteiger partial charge in [0.25, 0.3) is 0 Å². The first-order valence-corrected chi connectivity index (χ1v) is 14.0. The minimum atomic E-state index is -0.820. The van der Waals surface area contributed by atoms with Crippen LogP contribution in [0.3, 0.4) is 0 Å². The summed E-state index contributed by atoms with van der Waals surface area (Å²) in [6.07, 6.45) is 6.29. The molecule has 4 rings (SSSR count). The predicted octanol–water partition coefficient (Wildman–Crippen LogP) is 4.13. The highest BCUT2D eigenvalue weighted by Crippen LogP contribution is 2.24. The number of hydrogen-bond donors (Lipinski definition) is 4. The van der Waals surface area contributed by atoms with Crippen molar-refractivity contribution in [3.05, 3.63) is 71.9 Å². The van der Waals surface area contributed by atoms with E-state index in [0.29, 0.717) is 51.5 Å². The Balaban J connectivity index is 1.35. The van der Waals surface area contributed by atoms with Crippen molar-refractivity contribution in [1.29, 1.82) is 0 Å². The molecule has 0 radical (unpaired) electrons. The zero-order chi connectivity index (χ0) is 26.8. The van der Waals surface area contributed by atoms with Crippen LogP contribution in [0.2, 0.25) is 0 Å². The van der Waals surface area contributed by atoms with Crippen LogP contribution in [0.25, 0.3) is 10.9 Å². The van der Waals surface area contributed by atoms with E-state index in [1.807, 2.05) is 36.5 Å². The van der Waals surface area contributed by atoms with Crippen LogP contribution in [0, 0.1) is 5.92 Å². The third-order valence-electron chi connectivity index (χ3n) is 7.39. The highest BCUT2D eigenvalue weighted by atomic mass is 16.5. The van der Waals surface area contributed by atoms with Crippen LogP contribution in [0.15, 0.2) is 60.8 Å². The number of para-hydroxylation sites is 1. The van der Waals surface area contributed by atoms with E-state index in [2.05, 4.69) is 59.0 Å². The number of aromatic amines is 1. The molecular weight excluding hydrogens is 476 g/mol. The maximum absolute atomic E-state index is 13.6. The number of ether oxygens (including phenoxy) is 1. The number of amides is 2. The molecule has 0 spiro atoms. The van der Waals surface area contributed by atoms with E-state index in [4.69, 9.17) is 4.74 Å². The van der Waals surface area contributed by atoms with Crippen molar-refractivity contribution in [3.8, 4) is 0 Å². The average Bonchev–Trinajstić information content (AvgIpc) is 3.34. The summed E-state index contributed by atoms with van der Waals surface area (Å²) >= 11 is 0. The lowest BCUT2D eigenvalue weighted by atomic mass is 9.86. The Hall–Kier alpha value is -3.16. The van der Waals surface area contributed by atoms with E-state index < -0.39 is 11.6 Å². The molecule has 7 nitrogen and oxygen atoms in total. The van der Waals surface area contributed by atoms with Gasteiger partial charge in [-0.2, -0.15) is 0 Å². The quantitative estimate of drug-likeness (QED) is 0.256. The fourth-order valence-electron chi connectivity index (χ4n) is 5.28. The van der Waals surface area contributed by atoms with Crippen LogP contribution < -0.4 is 16.0 Å². The molecule has 1 saturated heterocycles. The van der Waals surface area contributed by atoms with Crippen molar-refractivity contribution >= 4 is 22.7 Å². The van der Waals surface area contributed by atoms with Crippen LogP contribution in [0.4, 0.5) is 0 Å². The first kappa shape index (κ1) is 27.9. The number of aryl methyl sites for hydroxylation is 1. The Labute approximate surface area is 226 Å². The summed E-state index contributed by atoms with van der Waals surface area (Å²) in [5, 5.41) is 11.0. The topological polar surface area (TPSA) is 95.2 Å². The van der Waals surface area contributed by atoms with Crippen molar-refractivity contribution in [2.75, 3.05) is 26.3 Å². The zero-order valence-electron chi connectivity index (χ0n) is 22.7. The summed E-state index contributed by atoms with van der Waals surface area (Å²) in [4.78, 5) is 30.2. The maximum atomic E-state index is 13.6. The van der Waals surface area contributed by atoms with Gasteiger partial charge in [-0.1, -0.05) is 62.4 Å². The van der Waals surface area contributed by atoms with Gasteiger partial charge in [0.1, 0.15) is 5.54 Å². The molecule has 0 unspecified atom stereocenters. The van der Waals surface area contributed by atoms with Gasteiger partial charge in [-0.3, -0.25) is 14.9 Å². The number of rotatable bonds is 13. The third-order valence-corrected chi connectivity index (χ3v) is 7.39. The fourth-order valence-corrected chi connectivity index (χ4v) is 5.28. The highest BCUT2D eigenvalue weighted by Gasteiger charge is 2.42. The van der Waals surface area contributed by atoms with Crippen molar-refractivity contribution in [2.45, 2.75) is 64.0 Å². The van der Waals surface area contributed by atoms with Crippen molar-refractivity contribution in [2.24, 2.45) is 5.92 Å². The molecule has 2 heterocycles. The molecule has 2 aromatic carbocycles. The van der Waals surface area contributed by atoms with Crippen molar-refractivity contribution in [1.82, 2.24) is 20.9 Å². The van der Waals surface area contributed by atoms with E-state index >= 15 is 0 Å². The second kappa shape index (κ2) is 13.6. The van der Waals surface area contributed by atoms with E-state index in [1.54, 1.807) is 0 Å². The average molecular weight is 519 g/mol. The monoisotopic (exact) mass is 518 g/mol. The molecule has 2 amide bonds. The normalized spacial score (nSPS) is 15.9. The Morgan fingerprint density at radius 3 is 2.45 bits per heavy atom. The van der Waals surface area contributed by atoms with Crippen molar-refractivity contribution in [3.63, 3.8) is 0 Å². The molecule has 1 atom stereocenters. The molecule has 0 aliphatic carbocycles. The summed E-state index contributed by atoms with van der Waals surface area (Å²) in [5.74, 6) is 0.222. The summed E-state index contributed by atoms with van der Waals surface area (Å²) in [7, 11) is 0. The number of H-pyrrole nitrogens is 1. The van der Waals surface area contributed by atoms with Crippen LogP contribution >= 0.6 is 0 Å². The molecule has 4 N–H and O–H groups in total.